The number of hydrogen-bond donors (Lipinski definition) is 2. The Hall–Kier alpha value is -1.78. The molecule has 5 heteroatoms. The number of nitrogens with one attached hydrogen (secondary N) is 1. The van der Waals surface area contributed by atoms with E-state index in [0.717, 1.165) is 31.5 Å². The summed E-state index contributed by atoms with van der Waals surface area (Å²) in [5.74, 6) is 0.782. The minimum Gasteiger partial charge on any atom is -0.398 e. The van der Waals surface area contributed by atoms with Crippen molar-refractivity contribution in [3.63, 3.8) is 0 Å². The van der Waals surface area contributed by atoms with Crippen molar-refractivity contribution in [2.75, 3.05) is 30.7 Å². The molecule has 0 aromatic carbocycles. The predicted molar refractivity (Wildman–Crippen MR) is 67.7 cm³/mol. The number of carbonyl (C=O) groups excluding carboxylic acids is 1. The van der Waals surface area contributed by atoms with E-state index in [1.165, 1.54) is 0 Å². The minimum absolute atomic E-state index is 0.128. The van der Waals surface area contributed by atoms with Crippen molar-refractivity contribution in [3.05, 3.63) is 17.8 Å². The SMILES string of the molecule is Cc1cnc(NCC(=O)N2CCCC2)cc1N. The molecule has 1 aliphatic heterocycles. The van der Waals surface area contributed by atoms with Crippen LogP contribution in [0, 0.1) is 6.92 Å². The van der Waals surface area contributed by atoms with Crippen molar-refractivity contribution in [2.45, 2.75) is 19.8 Å². The van der Waals surface area contributed by atoms with Gasteiger partial charge in [-0.15, -0.1) is 0 Å². The molecule has 1 amide bonds. The summed E-state index contributed by atoms with van der Waals surface area (Å²) < 4.78 is 0. The number of anilines is 2. The molecule has 1 aliphatic rings. The Labute approximate surface area is 101 Å². The van der Waals surface area contributed by atoms with Crippen molar-refractivity contribution < 1.29 is 4.79 Å². The van der Waals surface area contributed by atoms with E-state index in [2.05, 4.69) is 10.3 Å². The van der Waals surface area contributed by atoms with Gasteiger partial charge in [-0.25, -0.2) is 4.98 Å². The van der Waals surface area contributed by atoms with Crippen LogP contribution in [0.2, 0.25) is 0 Å². The third-order valence-electron chi connectivity index (χ3n) is 3.02. The third kappa shape index (κ3) is 2.87. The smallest absolute Gasteiger partial charge is 0.241 e. The van der Waals surface area contributed by atoms with Gasteiger partial charge in [0.2, 0.25) is 5.91 Å². The van der Waals surface area contributed by atoms with Crippen molar-refractivity contribution >= 4 is 17.4 Å². The van der Waals surface area contributed by atoms with Gasteiger partial charge in [-0.1, -0.05) is 0 Å². The molecule has 2 heterocycles. The summed E-state index contributed by atoms with van der Waals surface area (Å²) in [6, 6.07) is 1.76. The van der Waals surface area contributed by atoms with Crippen LogP contribution in [-0.4, -0.2) is 35.4 Å². The van der Waals surface area contributed by atoms with E-state index in [1.54, 1.807) is 12.3 Å². The first-order valence-electron chi connectivity index (χ1n) is 5.90. The molecule has 0 saturated carbocycles. The molecule has 0 spiro atoms. The van der Waals surface area contributed by atoms with Gasteiger partial charge in [0.25, 0.3) is 0 Å². The zero-order valence-electron chi connectivity index (χ0n) is 10.1. The Kier molecular flexibility index (Phi) is 3.46. The van der Waals surface area contributed by atoms with E-state index >= 15 is 0 Å². The second-order valence-electron chi connectivity index (χ2n) is 4.37. The molecule has 0 unspecified atom stereocenters. The number of amides is 1. The molecular weight excluding hydrogens is 216 g/mol. The average Bonchev–Trinajstić information content (AvgIpc) is 2.84. The first kappa shape index (κ1) is 11.7. The van der Waals surface area contributed by atoms with Gasteiger partial charge in [0, 0.05) is 31.0 Å². The highest BCUT2D eigenvalue weighted by atomic mass is 16.2. The Morgan fingerprint density at radius 1 is 1.53 bits per heavy atom. The second-order valence-corrected chi connectivity index (χ2v) is 4.37. The van der Waals surface area contributed by atoms with Crippen molar-refractivity contribution in [3.8, 4) is 0 Å². The Morgan fingerprint density at radius 3 is 2.88 bits per heavy atom. The maximum absolute atomic E-state index is 11.8. The molecule has 0 atom stereocenters. The van der Waals surface area contributed by atoms with Crippen LogP contribution in [0.4, 0.5) is 11.5 Å². The number of rotatable bonds is 3. The van der Waals surface area contributed by atoms with Crippen LogP contribution in [0.15, 0.2) is 12.3 Å². The summed E-state index contributed by atoms with van der Waals surface area (Å²) in [6.45, 7) is 3.95. The first-order chi connectivity index (χ1) is 8.16. The topological polar surface area (TPSA) is 71.2 Å². The number of carbonyl (C=O) groups is 1. The van der Waals surface area contributed by atoms with Crippen LogP contribution in [0.25, 0.3) is 0 Å². The average molecular weight is 234 g/mol. The maximum atomic E-state index is 11.8. The van der Waals surface area contributed by atoms with Gasteiger partial charge in [0.05, 0.1) is 6.54 Å². The van der Waals surface area contributed by atoms with E-state index in [4.69, 9.17) is 5.73 Å². The van der Waals surface area contributed by atoms with Gasteiger partial charge in [-0.2, -0.15) is 0 Å². The number of aryl methyl sites for hydroxylation is 1. The zero-order valence-corrected chi connectivity index (χ0v) is 10.1. The van der Waals surface area contributed by atoms with Crippen LogP contribution in [-0.2, 0) is 4.79 Å². The lowest BCUT2D eigenvalue weighted by molar-refractivity contribution is -0.128. The third-order valence-corrected chi connectivity index (χ3v) is 3.02. The minimum atomic E-state index is 0.128. The lowest BCUT2D eigenvalue weighted by Gasteiger charge is -2.15. The van der Waals surface area contributed by atoms with E-state index in [9.17, 15) is 4.79 Å². The number of hydrogen-bond acceptors (Lipinski definition) is 4. The van der Waals surface area contributed by atoms with Gasteiger partial charge >= 0.3 is 0 Å². The van der Waals surface area contributed by atoms with E-state index in [-0.39, 0.29) is 12.5 Å². The summed E-state index contributed by atoms with van der Waals surface area (Å²) in [5, 5.41) is 3.01. The number of nitrogens with zero attached hydrogens (tertiary/aromatic N) is 2. The molecule has 0 bridgehead atoms. The largest absolute Gasteiger partial charge is 0.398 e. The molecule has 0 radical (unpaired) electrons. The Bertz CT molecular complexity index is 413. The number of nitrogen functional groups attached to an aromatic ring is 1. The van der Waals surface area contributed by atoms with Crippen LogP contribution in [0.5, 0.6) is 0 Å². The van der Waals surface area contributed by atoms with Gasteiger partial charge in [0.1, 0.15) is 5.82 Å². The summed E-state index contributed by atoms with van der Waals surface area (Å²) in [6.07, 6.45) is 3.93. The van der Waals surface area contributed by atoms with E-state index in [0.29, 0.717) is 11.5 Å². The molecule has 3 N–H and O–H groups in total. The number of pyridine rings is 1. The molecule has 2 rings (SSSR count). The number of aromatic nitrogens is 1. The number of likely N-dealkylation sites (tertiary alicyclic amines) is 1. The van der Waals surface area contributed by atoms with Gasteiger partial charge in [0.15, 0.2) is 0 Å². The van der Waals surface area contributed by atoms with E-state index < -0.39 is 0 Å². The molecule has 1 saturated heterocycles. The highest BCUT2D eigenvalue weighted by molar-refractivity contribution is 5.81. The van der Waals surface area contributed by atoms with Gasteiger partial charge < -0.3 is 16.0 Å². The Balaban J connectivity index is 1.88. The second kappa shape index (κ2) is 5.03. The molecule has 1 aromatic heterocycles. The molecular formula is C12H18N4O. The first-order valence-corrected chi connectivity index (χ1v) is 5.90. The monoisotopic (exact) mass is 234 g/mol. The summed E-state index contributed by atoms with van der Waals surface area (Å²) >= 11 is 0. The zero-order chi connectivity index (χ0) is 12.3. The molecule has 17 heavy (non-hydrogen) atoms. The highest BCUT2D eigenvalue weighted by Gasteiger charge is 2.17. The lowest BCUT2D eigenvalue weighted by atomic mass is 10.2. The molecule has 92 valence electrons. The van der Waals surface area contributed by atoms with E-state index in [1.807, 2.05) is 11.8 Å². The fourth-order valence-electron chi connectivity index (χ4n) is 1.88. The van der Waals surface area contributed by atoms with Crippen LogP contribution >= 0.6 is 0 Å². The fraction of sp³-hybridized carbons (Fsp3) is 0.500. The highest BCUT2D eigenvalue weighted by Crippen LogP contribution is 2.13. The van der Waals surface area contributed by atoms with Crippen molar-refractivity contribution in [2.24, 2.45) is 0 Å². The standard InChI is InChI=1S/C12H18N4O/c1-9-7-14-11(6-10(9)13)15-8-12(17)16-4-2-3-5-16/h6-7H,2-5,8H2,1H3,(H3,13,14,15). The van der Waals surface area contributed by atoms with Gasteiger partial charge in [-0.05, 0) is 25.3 Å². The number of nitrogens with two attached hydrogens (primary N) is 1. The van der Waals surface area contributed by atoms with Crippen LogP contribution in [0.1, 0.15) is 18.4 Å². The summed E-state index contributed by atoms with van der Waals surface area (Å²) in [5.41, 5.74) is 7.41. The summed E-state index contributed by atoms with van der Waals surface area (Å²) in [7, 11) is 0. The fourth-order valence-corrected chi connectivity index (χ4v) is 1.88. The van der Waals surface area contributed by atoms with Crippen LogP contribution in [0.3, 0.4) is 0 Å². The van der Waals surface area contributed by atoms with Crippen LogP contribution < -0.4 is 11.1 Å². The molecule has 1 fully saturated rings. The molecule has 5 nitrogen and oxygen atoms in total. The quantitative estimate of drug-likeness (QED) is 0.818. The predicted octanol–water partition coefficient (Wildman–Crippen LogP) is 1.01. The summed E-state index contributed by atoms with van der Waals surface area (Å²) in [4.78, 5) is 17.8. The normalized spacial score (nSPS) is 15.0. The Morgan fingerprint density at radius 2 is 2.24 bits per heavy atom. The maximum Gasteiger partial charge on any atom is 0.241 e. The van der Waals surface area contributed by atoms with Crippen molar-refractivity contribution in [1.29, 1.82) is 0 Å². The van der Waals surface area contributed by atoms with Crippen molar-refractivity contribution in [1.82, 2.24) is 9.88 Å². The molecule has 0 aliphatic carbocycles. The van der Waals surface area contributed by atoms with Gasteiger partial charge in [-0.3, -0.25) is 4.79 Å². The molecule has 1 aromatic rings. The lowest BCUT2D eigenvalue weighted by Crippen LogP contribution is -2.33.